The molecule has 0 unspecified atom stereocenters. The molecule has 1 heterocycles. The highest BCUT2D eigenvalue weighted by molar-refractivity contribution is 5.88. The van der Waals surface area contributed by atoms with Crippen LogP contribution >= 0.6 is 0 Å². The van der Waals surface area contributed by atoms with Crippen molar-refractivity contribution in [1.82, 2.24) is 4.90 Å². The van der Waals surface area contributed by atoms with Gasteiger partial charge >= 0.3 is 12.2 Å². The Hall–Kier alpha value is -4.15. The average Bonchev–Trinajstić information content (AvgIpc) is 2.98. The van der Waals surface area contributed by atoms with E-state index in [2.05, 4.69) is 0 Å². The monoisotopic (exact) mass is 537 g/mol. The molecule has 0 aliphatic carbocycles. The van der Waals surface area contributed by atoms with Gasteiger partial charge in [-0.1, -0.05) is 60.7 Å². The van der Waals surface area contributed by atoms with Crippen LogP contribution in [0.15, 0.2) is 78.9 Å². The minimum atomic E-state index is -1.23. The quantitative estimate of drug-likeness (QED) is 0.428. The maximum atomic E-state index is 15.3. The molecule has 3 aromatic rings. The molecule has 0 aromatic heterocycles. The van der Waals surface area contributed by atoms with E-state index in [0.29, 0.717) is 31.9 Å². The number of hydrogen-bond donors (Lipinski definition) is 2. The van der Waals surface area contributed by atoms with E-state index in [4.69, 9.17) is 9.47 Å². The molecule has 4 rings (SSSR count). The normalized spacial score (nSPS) is 14.0. The lowest BCUT2D eigenvalue weighted by molar-refractivity contribution is 0.0941. The van der Waals surface area contributed by atoms with E-state index in [1.165, 1.54) is 6.07 Å². The number of ether oxygens (including phenoxy) is 2. The van der Waals surface area contributed by atoms with E-state index in [9.17, 15) is 19.8 Å². The lowest BCUT2D eigenvalue weighted by atomic mass is 10.2. The lowest BCUT2D eigenvalue weighted by Crippen LogP contribution is -2.49. The molecule has 10 heteroatoms. The summed E-state index contributed by atoms with van der Waals surface area (Å²) in [5.74, 6) is -0.563. The number of amides is 2. The van der Waals surface area contributed by atoms with Crippen molar-refractivity contribution in [3.05, 3.63) is 95.8 Å². The van der Waals surface area contributed by atoms with E-state index >= 15 is 4.39 Å². The van der Waals surface area contributed by atoms with Gasteiger partial charge in [0.15, 0.2) is 0 Å². The molecule has 0 bridgehead atoms. The topological polar surface area (TPSA) is 103 Å². The molecular weight excluding hydrogens is 505 g/mol. The van der Waals surface area contributed by atoms with Crippen LogP contribution in [0, 0.1) is 5.82 Å². The molecule has 206 valence electrons. The minimum absolute atomic E-state index is 0.00399. The highest BCUT2D eigenvalue weighted by atomic mass is 19.1. The number of piperazine rings is 1. The Morgan fingerprint density at radius 1 is 0.872 bits per heavy atom. The number of aliphatic hydroxyl groups is 2. The summed E-state index contributed by atoms with van der Waals surface area (Å²) in [7, 11) is 0. The van der Waals surface area contributed by atoms with Gasteiger partial charge in [0.2, 0.25) is 0 Å². The number of aliphatic hydroxyl groups excluding tert-OH is 2. The van der Waals surface area contributed by atoms with Crippen molar-refractivity contribution in [3.63, 3.8) is 0 Å². The first-order valence-electron chi connectivity index (χ1n) is 12.7. The van der Waals surface area contributed by atoms with Gasteiger partial charge in [0.25, 0.3) is 0 Å². The number of anilines is 2. The van der Waals surface area contributed by atoms with Crippen LogP contribution in [-0.2, 0) is 22.7 Å². The van der Waals surface area contributed by atoms with Gasteiger partial charge in [0.05, 0.1) is 30.6 Å². The third-order valence-corrected chi connectivity index (χ3v) is 6.36. The molecule has 2 N–H and O–H groups in total. The van der Waals surface area contributed by atoms with Gasteiger partial charge < -0.3 is 29.5 Å². The Balaban J connectivity index is 1.36. The van der Waals surface area contributed by atoms with Crippen LogP contribution in [0.1, 0.15) is 11.1 Å². The van der Waals surface area contributed by atoms with Gasteiger partial charge in [-0.3, -0.25) is 4.90 Å². The second kappa shape index (κ2) is 13.6. The van der Waals surface area contributed by atoms with E-state index in [0.717, 1.165) is 16.0 Å². The molecule has 1 atom stereocenters. The standard InChI is InChI=1S/C29H32FN3O6/c30-26-17-24(33(18-25(35)19-34)29(37)39-21-23-9-5-2-6-10-23)11-12-27(26)31-13-15-32(16-14-31)28(36)38-20-22-7-3-1-4-8-22/h1-12,17,25,34-35H,13-16,18-21H2/t25-/m0/s1. The number of nitrogens with zero attached hydrogens (tertiary/aromatic N) is 3. The molecule has 1 fully saturated rings. The van der Waals surface area contributed by atoms with E-state index in [-0.39, 0.29) is 25.4 Å². The molecule has 39 heavy (non-hydrogen) atoms. The van der Waals surface area contributed by atoms with E-state index in [1.807, 2.05) is 53.4 Å². The minimum Gasteiger partial charge on any atom is -0.445 e. The summed E-state index contributed by atoms with van der Waals surface area (Å²) in [6.07, 6.45) is -2.42. The third-order valence-electron chi connectivity index (χ3n) is 6.36. The molecule has 1 aliphatic heterocycles. The molecule has 0 radical (unpaired) electrons. The summed E-state index contributed by atoms with van der Waals surface area (Å²) >= 11 is 0. The Morgan fingerprint density at radius 2 is 1.46 bits per heavy atom. The van der Waals surface area contributed by atoms with Crippen LogP contribution in [0.25, 0.3) is 0 Å². The predicted octanol–water partition coefficient (Wildman–Crippen LogP) is 3.78. The number of carbonyl (C=O) groups excluding carboxylic acids is 2. The molecule has 2 amide bonds. The van der Waals surface area contributed by atoms with E-state index < -0.39 is 30.7 Å². The molecule has 0 spiro atoms. The summed E-state index contributed by atoms with van der Waals surface area (Å²) < 4.78 is 26.0. The van der Waals surface area contributed by atoms with Crippen LogP contribution in [0.3, 0.4) is 0 Å². The first-order chi connectivity index (χ1) is 18.9. The van der Waals surface area contributed by atoms with Crippen molar-refractivity contribution in [1.29, 1.82) is 0 Å². The summed E-state index contributed by atoms with van der Waals surface area (Å²) in [4.78, 5) is 29.8. The van der Waals surface area contributed by atoms with Crippen LogP contribution in [0.5, 0.6) is 0 Å². The third kappa shape index (κ3) is 7.68. The lowest BCUT2D eigenvalue weighted by Gasteiger charge is -2.35. The summed E-state index contributed by atoms with van der Waals surface area (Å²) in [5.41, 5.74) is 2.19. The smallest absolute Gasteiger partial charge is 0.414 e. The van der Waals surface area contributed by atoms with Crippen LogP contribution in [0.2, 0.25) is 0 Å². The van der Waals surface area contributed by atoms with Crippen molar-refractivity contribution in [2.45, 2.75) is 19.3 Å². The fourth-order valence-electron chi connectivity index (χ4n) is 4.21. The Labute approximate surface area is 226 Å². The maximum absolute atomic E-state index is 15.3. The molecule has 1 aliphatic rings. The largest absolute Gasteiger partial charge is 0.445 e. The molecule has 3 aromatic carbocycles. The first-order valence-corrected chi connectivity index (χ1v) is 12.7. The number of carbonyl (C=O) groups is 2. The number of hydrogen-bond acceptors (Lipinski definition) is 7. The van der Waals surface area contributed by atoms with Crippen molar-refractivity contribution in [2.75, 3.05) is 49.1 Å². The van der Waals surface area contributed by atoms with Gasteiger partial charge in [-0.15, -0.1) is 0 Å². The fourth-order valence-corrected chi connectivity index (χ4v) is 4.21. The van der Waals surface area contributed by atoms with Crippen molar-refractivity contribution in [3.8, 4) is 0 Å². The Bertz CT molecular complexity index is 1220. The summed E-state index contributed by atoms with van der Waals surface area (Å²) in [6, 6.07) is 22.8. The van der Waals surface area contributed by atoms with Gasteiger partial charge in [-0.05, 0) is 29.3 Å². The zero-order valence-electron chi connectivity index (χ0n) is 21.5. The molecule has 9 nitrogen and oxygen atoms in total. The second-order valence-corrected chi connectivity index (χ2v) is 9.14. The van der Waals surface area contributed by atoms with Gasteiger partial charge in [-0.25, -0.2) is 14.0 Å². The zero-order valence-corrected chi connectivity index (χ0v) is 21.5. The predicted molar refractivity (Wildman–Crippen MR) is 144 cm³/mol. The highest BCUT2D eigenvalue weighted by Crippen LogP contribution is 2.27. The van der Waals surface area contributed by atoms with Gasteiger partial charge in [0, 0.05) is 26.2 Å². The van der Waals surface area contributed by atoms with Crippen LogP contribution in [-0.4, -0.2) is 72.7 Å². The Kier molecular flexibility index (Phi) is 9.71. The second-order valence-electron chi connectivity index (χ2n) is 9.14. The SMILES string of the molecule is O=C(OCc1ccccc1)N1CCN(c2ccc(N(C[C@H](O)CO)C(=O)OCc3ccccc3)cc2F)CC1. The fraction of sp³-hybridized carbons (Fsp3) is 0.310. The summed E-state index contributed by atoms with van der Waals surface area (Å²) in [6.45, 7) is 0.902. The van der Waals surface area contributed by atoms with Crippen LogP contribution < -0.4 is 9.80 Å². The molecule has 1 saturated heterocycles. The Morgan fingerprint density at radius 3 is 2.03 bits per heavy atom. The summed E-state index contributed by atoms with van der Waals surface area (Å²) in [5, 5.41) is 19.3. The van der Waals surface area contributed by atoms with Gasteiger partial charge in [0.1, 0.15) is 19.0 Å². The first kappa shape index (κ1) is 27.9. The van der Waals surface area contributed by atoms with E-state index in [1.54, 1.807) is 29.2 Å². The molecular formula is C29H32FN3O6. The molecule has 0 saturated carbocycles. The van der Waals surface area contributed by atoms with Gasteiger partial charge in [-0.2, -0.15) is 0 Å². The van der Waals surface area contributed by atoms with Crippen LogP contribution in [0.4, 0.5) is 25.4 Å². The van der Waals surface area contributed by atoms with Crippen molar-refractivity contribution < 1.29 is 33.7 Å². The number of halogens is 1. The number of rotatable bonds is 9. The van der Waals surface area contributed by atoms with Crippen molar-refractivity contribution in [2.24, 2.45) is 0 Å². The zero-order chi connectivity index (χ0) is 27.6. The average molecular weight is 538 g/mol. The highest BCUT2D eigenvalue weighted by Gasteiger charge is 2.26. The number of benzene rings is 3. The maximum Gasteiger partial charge on any atom is 0.414 e. The van der Waals surface area contributed by atoms with Crippen molar-refractivity contribution >= 4 is 23.6 Å².